The number of carbonyl (C=O) groups excluding carboxylic acids is 2. The summed E-state index contributed by atoms with van der Waals surface area (Å²) in [5.74, 6) is 0.807. The van der Waals surface area contributed by atoms with Gasteiger partial charge in [-0.25, -0.2) is 19.6 Å². The SMILES string of the molecule is CC(C)Cc1nc2c(cnn2[C@@H]2CCNC[C@H]2C)c(-c2ccc3c(c2)OCC(=O)N3Cc2ncc(Cl)cn2)c1C(N)=O. The topological polar surface area (TPSA) is 141 Å². The van der Waals surface area contributed by atoms with E-state index in [4.69, 9.17) is 32.2 Å². The summed E-state index contributed by atoms with van der Waals surface area (Å²) in [6, 6.07) is 5.72. The molecule has 0 unspecified atom stereocenters. The Hall–Kier alpha value is -4.09. The van der Waals surface area contributed by atoms with Gasteiger partial charge in [-0.05, 0) is 55.5 Å². The number of nitrogens with one attached hydrogen (secondary N) is 1. The fraction of sp³-hybridized carbons (Fsp3) is 0.400. The van der Waals surface area contributed by atoms with Gasteiger partial charge in [-0.3, -0.25) is 14.5 Å². The van der Waals surface area contributed by atoms with Gasteiger partial charge in [-0.15, -0.1) is 0 Å². The van der Waals surface area contributed by atoms with E-state index in [9.17, 15) is 9.59 Å². The van der Waals surface area contributed by atoms with E-state index in [1.54, 1.807) is 11.1 Å². The lowest BCUT2D eigenvalue weighted by atomic mass is 9.91. The van der Waals surface area contributed by atoms with E-state index in [1.165, 1.54) is 12.4 Å². The maximum atomic E-state index is 13.1. The van der Waals surface area contributed by atoms with Crippen molar-refractivity contribution in [2.24, 2.45) is 17.6 Å². The molecule has 218 valence electrons. The van der Waals surface area contributed by atoms with Crippen LogP contribution >= 0.6 is 11.6 Å². The van der Waals surface area contributed by atoms with Crippen LogP contribution in [0.1, 0.15) is 55.1 Å². The fourth-order valence-corrected chi connectivity index (χ4v) is 6.01. The second-order valence-electron chi connectivity index (χ2n) is 11.4. The minimum absolute atomic E-state index is 0.136. The third kappa shape index (κ3) is 5.18. The first-order valence-corrected chi connectivity index (χ1v) is 14.5. The fourth-order valence-electron chi connectivity index (χ4n) is 5.91. The Labute approximate surface area is 248 Å². The van der Waals surface area contributed by atoms with Crippen LogP contribution in [0.2, 0.25) is 5.02 Å². The summed E-state index contributed by atoms with van der Waals surface area (Å²) in [7, 11) is 0. The molecular formula is C30H33ClN8O3. The zero-order valence-electron chi connectivity index (χ0n) is 23.8. The van der Waals surface area contributed by atoms with Crippen LogP contribution in [-0.2, 0) is 17.8 Å². The largest absolute Gasteiger partial charge is 0.482 e. The molecule has 2 aliphatic rings. The lowest BCUT2D eigenvalue weighted by Gasteiger charge is -2.30. The second-order valence-corrected chi connectivity index (χ2v) is 11.8. The Morgan fingerprint density at radius 1 is 1.24 bits per heavy atom. The smallest absolute Gasteiger partial charge is 0.265 e. The normalized spacial score (nSPS) is 18.8. The van der Waals surface area contributed by atoms with Gasteiger partial charge in [0.15, 0.2) is 12.3 Å². The highest BCUT2D eigenvalue weighted by Gasteiger charge is 2.31. The lowest BCUT2D eigenvalue weighted by molar-refractivity contribution is -0.121. The molecule has 42 heavy (non-hydrogen) atoms. The quantitative estimate of drug-likeness (QED) is 0.331. The Bertz CT molecular complexity index is 1670. The van der Waals surface area contributed by atoms with E-state index >= 15 is 0 Å². The number of ether oxygens (including phenoxy) is 1. The van der Waals surface area contributed by atoms with Crippen molar-refractivity contribution in [2.45, 2.75) is 46.2 Å². The van der Waals surface area contributed by atoms with Crippen molar-refractivity contribution >= 4 is 40.1 Å². The molecule has 0 aliphatic carbocycles. The van der Waals surface area contributed by atoms with Crippen LogP contribution in [0.3, 0.4) is 0 Å². The minimum Gasteiger partial charge on any atom is -0.482 e. The molecule has 2 amide bonds. The summed E-state index contributed by atoms with van der Waals surface area (Å²) in [5, 5.41) is 9.42. The van der Waals surface area contributed by atoms with E-state index in [1.807, 2.05) is 22.9 Å². The van der Waals surface area contributed by atoms with E-state index in [2.05, 4.69) is 36.1 Å². The van der Waals surface area contributed by atoms with Gasteiger partial charge >= 0.3 is 0 Å². The molecule has 0 saturated carbocycles. The summed E-state index contributed by atoms with van der Waals surface area (Å²) >= 11 is 5.94. The summed E-state index contributed by atoms with van der Waals surface area (Å²) < 4.78 is 7.91. The molecule has 1 saturated heterocycles. The average molecular weight is 589 g/mol. The molecule has 6 rings (SSSR count). The highest BCUT2D eigenvalue weighted by Crippen LogP contribution is 2.41. The van der Waals surface area contributed by atoms with Crippen LogP contribution in [0.4, 0.5) is 5.69 Å². The molecule has 0 bridgehead atoms. The maximum Gasteiger partial charge on any atom is 0.265 e. The first kappa shape index (κ1) is 28.0. The first-order valence-electron chi connectivity index (χ1n) is 14.2. The Balaban J connectivity index is 1.50. The number of amides is 2. The number of anilines is 1. The van der Waals surface area contributed by atoms with Gasteiger partial charge in [-0.1, -0.05) is 38.4 Å². The van der Waals surface area contributed by atoms with Crippen LogP contribution in [0.5, 0.6) is 5.75 Å². The summed E-state index contributed by atoms with van der Waals surface area (Å²) in [6.45, 7) is 8.22. The molecule has 12 heteroatoms. The van der Waals surface area contributed by atoms with Gasteiger partial charge in [0, 0.05) is 23.3 Å². The van der Waals surface area contributed by atoms with Gasteiger partial charge in [0.25, 0.3) is 11.8 Å². The van der Waals surface area contributed by atoms with Crippen molar-refractivity contribution in [2.75, 3.05) is 24.6 Å². The molecule has 2 aliphatic heterocycles. The van der Waals surface area contributed by atoms with Crippen molar-refractivity contribution in [3.05, 3.63) is 58.9 Å². The summed E-state index contributed by atoms with van der Waals surface area (Å²) in [5.41, 5.74) is 9.80. The maximum absolute atomic E-state index is 13.1. The Morgan fingerprint density at radius 2 is 2.02 bits per heavy atom. The number of rotatable bonds is 7. The van der Waals surface area contributed by atoms with Crippen LogP contribution in [-0.4, -0.2) is 56.2 Å². The molecule has 3 N–H and O–H groups in total. The van der Waals surface area contributed by atoms with Crippen molar-refractivity contribution in [3.8, 4) is 16.9 Å². The Morgan fingerprint density at radius 3 is 2.74 bits per heavy atom. The number of nitrogens with two attached hydrogens (primary N) is 1. The van der Waals surface area contributed by atoms with Gasteiger partial charge in [0.05, 0.1) is 40.8 Å². The van der Waals surface area contributed by atoms with E-state index in [0.717, 1.165) is 36.1 Å². The number of hydrogen-bond acceptors (Lipinski definition) is 8. The number of hydrogen-bond donors (Lipinski definition) is 2. The van der Waals surface area contributed by atoms with Crippen molar-refractivity contribution in [1.29, 1.82) is 0 Å². The lowest BCUT2D eigenvalue weighted by Crippen LogP contribution is -2.38. The number of nitrogens with zero attached hydrogens (tertiary/aromatic N) is 6. The number of carbonyl (C=O) groups is 2. The average Bonchev–Trinajstić information content (AvgIpc) is 3.37. The molecule has 4 aromatic rings. The highest BCUT2D eigenvalue weighted by atomic mass is 35.5. The molecular weight excluding hydrogens is 556 g/mol. The third-order valence-electron chi connectivity index (χ3n) is 7.88. The number of piperidine rings is 1. The van der Waals surface area contributed by atoms with Gasteiger partial charge in [0.2, 0.25) is 0 Å². The minimum atomic E-state index is -0.548. The van der Waals surface area contributed by atoms with Gasteiger partial charge in [-0.2, -0.15) is 5.10 Å². The van der Waals surface area contributed by atoms with E-state index < -0.39 is 5.91 Å². The second kappa shape index (κ2) is 11.3. The first-order chi connectivity index (χ1) is 20.2. The van der Waals surface area contributed by atoms with Crippen LogP contribution in [0.25, 0.3) is 22.2 Å². The molecule has 1 fully saturated rings. The number of primary amides is 1. The number of pyridine rings is 1. The van der Waals surface area contributed by atoms with E-state index in [-0.39, 0.29) is 31.0 Å². The summed E-state index contributed by atoms with van der Waals surface area (Å²) in [4.78, 5) is 41.0. The molecule has 1 aromatic carbocycles. The molecule has 5 heterocycles. The predicted octanol–water partition coefficient (Wildman–Crippen LogP) is 3.94. The molecule has 11 nitrogen and oxygen atoms in total. The highest BCUT2D eigenvalue weighted by molar-refractivity contribution is 6.30. The molecule has 0 spiro atoms. The standard InChI is InChI=1S/C30H33ClN8O3/c1-16(2)8-21-28(29(32)41)27(20-13-36-39(30(20)37-21)22-6-7-33-10-17(22)3)18-4-5-23-24(9-18)42-15-26(40)38(23)14-25-34-11-19(31)12-35-25/h4-5,9,11-13,16-17,22,33H,6-8,10,14-15H2,1-3H3,(H2,32,41)/t17-,22-/m1/s1. The van der Waals surface area contributed by atoms with Crippen molar-refractivity contribution < 1.29 is 14.3 Å². The molecule has 2 atom stereocenters. The number of fused-ring (bicyclic) bond motifs is 2. The van der Waals surface area contributed by atoms with Gasteiger partial charge in [0.1, 0.15) is 11.6 Å². The monoisotopic (exact) mass is 588 g/mol. The zero-order chi connectivity index (χ0) is 29.5. The summed E-state index contributed by atoms with van der Waals surface area (Å²) in [6.07, 6.45) is 6.29. The van der Waals surface area contributed by atoms with Crippen molar-refractivity contribution in [3.63, 3.8) is 0 Å². The van der Waals surface area contributed by atoms with Crippen LogP contribution < -0.4 is 20.7 Å². The van der Waals surface area contributed by atoms with Gasteiger partial charge < -0.3 is 15.8 Å². The third-order valence-corrected chi connectivity index (χ3v) is 8.08. The predicted molar refractivity (Wildman–Crippen MR) is 159 cm³/mol. The van der Waals surface area contributed by atoms with Crippen molar-refractivity contribution in [1.82, 2.24) is 30.0 Å². The number of benzene rings is 1. The van der Waals surface area contributed by atoms with Crippen LogP contribution in [0.15, 0.2) is 36.8 Å². The Kier molecular flexibility index (Phi) is 7.54. The van der Waals surface area contributed by atoms with Crippen LogP contribution in [0, 0.1) is 11.8 Å². The molecule has 0 radical (unpaired) electrons. The molecule has 3 aromatic heterocycles. The van der Waals surface area contributed by atoms with E-state index in [0.29, 0.717) is 51.4 Å². The number of halogens is 1. The zero-order valence-corrected chi connectivity index (χ0v) is 24.6. The number of aromatic nitrogens is 5.